The van der Waals surface area contributed by atoms with Gasteiger partial charge in [0.15, 0.2) is 0 Å². The third kappa shape index (κ3) is 2.56. The highest BCUT2D eigenvalue weighted by atomic mass is 79.9. The Morgan fingerprint density at radius 2 is 2.36 bits per heavy atom. The van der Waals surface area contributed by atoms with Crippen molar-refractivity contribution < 1.29 is 5.11 Å². The Kier molecular flexibility index (Phi) is 3.51. The smallest absolute Gasteiger partial charge is 0.0701 e. The van der Waals surface area contributed by atoms with Crippen LogP contribution in [0, 0.1) is 0 Å². The van der Waals surface area contributed by atoms with Gasteiger partial charge in [0, 0.05) is 17.5 Å². The van der Waals surface area contributed by atoms with Crippen LogP contribution in [-0.2, 0) is 0 Å². The number of hydrogen-bond acceptors (Lipinski definition) is 3. The third-order valence-electron chi connectivity index (χ3n) is 1.40. The molecule has 1 atom stereocenters. The maximum Gasteiger partial charge on any atom is 0.0701 e. The minimum absolute atomic E-state index is 0.0173. The Morgan fingerprint density at radius 3 is 2.82 bits per heavy atom. The molecule has 0 saturated heterocycles. The van der Waals surface area contributed by atoms with E-state index in [0.29, 0.717) is 6.42 Å². The van der Waals surface area contributed by atoms with Gasteiger partial charge in [0.2, 0.25) is 0 Å². The molecule has 0 saturated carbocycles. The van der Waals surface area contributed by atoms with Gasteiger partial charge in [-0.3, -0.25) is 0 Å². The van der Waals surface area contributed by atoms with Crippen LogP contribution in [0.1, 0.15) is 17.3 Å². The quantitative estimate of drug-likeness (QED) is 0.841. The summed E-state index contributed by atoms with van der Waals surface area (Å²) < 4.78 is 1.08. The lowest BCUT2D eigenvalue weighted by atomic mass is 10.2. The highest BCUT2D eigenvalue weighted by Gasteiger charge is 2.06. The van der Waals surface area contributed by atoms with Crippen molar-refractivity contribution in [2.45, 2.75) is 12.5 Å². The first kappa shape index (κ1) is 9.19. The summed E-state index contributed by atoms with van der Waals surface area (Å²) in [7, 11) is 0. The highest BCUT2D eigenvalue weighted by molar-refractivity contribution is 9.11. The monoisotopic (exact) mass is 235 g/mol. The van der Waals surface area contributed by atoms with Crippen molar-refractivity contribution in [3.05, 3.63) is 20.8 Å². The van der Waals surface area contributed by atoms with E-state index < -0.39 is 0 Å². The minimum Gasteiger partial charge on any atom is -0.396 e. The molecule has 1 heterocycles. The molecule has 2 nitrogen and oxygen atoms in total. The van der Waals surface area contributed by atoms with Crippen LogP contribution in [0.15, 0.2) is 15.9 Å². The summed E-state index contributed by atoms with van der Waals surface area (Å²) in [5.74, 6) is 0. The normalized spacial score (nSPS) is 13.4. The zero-order valence-corrected chi connectivity index (χ0v) is 8.36. The molecule has 0 aliphatic rings. The number of hydrogen-bond donors (Lipinski definition) is 2. The van der Waals surface area contributed by atoms with E-state index in [4.69, 9.17) is 10.8 Å². The molecule has 4 heteroatoms. The van der Waals surface area contributed by atoms with E-state index in [-0.39, 0.29) is 12.6 Å². The third-order valence-corrected chi connectivity index (χ3v) is 3.16. The van der Waals surface area contributed by atoms with Crippen LogP contribution >= 0.6 is 27.3 Å². The van der Waals surface area contributed by atoms with Gasteiger partial charge >= 0.3 is 0 Å². The van der Waals surface area contributed by atoms with Crippen LogP contribution in [-0.4, -0.2) is 11.7 Å². The van der Waals surface area contributed by atoms with Gasteiger partial charge in [0.05, 0.1) is 3.79 Å². The van der Waals surface area contributed by atoms with Gasteiger partial charge in [-0.2, -0.15) is 0 Å². The number of aliphatic hydroxyl groups is 1. The molecule has 1 aromatic heterocycles. The maximum atomic E-state index is 8.62. The Hall–Kier alpha value is 0.1000. The average Bonchev–Trinajstić information content (AvgIpc) is 2.36. The van der Waals surface area contributed by atoms with E-state index in [1.807, 2.05) is 12.1 Å². The van der Waals surface area contributed by atoms with Gasteiger partial charge in [0.25, 0.3) is 0 Å². The first-order chi connectivity index (χ1) is 5.24. The van der Waals surface area contributed by atoms with Crippen LogP contribution < -0.4 is 5.73 Å². The standard InChI is InChI=1S/C7H10BrNOS/c8-7-2-1-6(11-7)5(9)3-4-10/h1-2,5,10H,3-4,9H2/t5-/m1/s1. The summed E-state index contributed by atoms with van der Waals surface area (Å²) in [5.41, 5.74) is 5.75. The largest absolute Gasteiger partial charge is 0.396 e. The fraction of sp³-hybridized carbons (Fsp3) is 0.429. The first-order valence-electron chi connectivity index (χ1n) is 3.35. The van der Waals surface area contributed by atoms with Crippen molar-refractivity contribution in [2.24, 2.45) is 5.73 Å². The van der Waals surface area contributed by atoms with Crippen molar-refractivity contribution in [3.8, 4) is 0 Å². The SMILES string of the molecule is N[C@H](CCO)c1ccc(Br)s1. The molecule has 0 spiro atoms. The number of aliphatic hydroxyl groups excluding tert-OH is 1. The number of rotatable bonds is 3. The summed E-state index contributed by atoms with van der Waals surface area (Å²) in [6.45, 7) is 0.149. The number of nitrogens with two attached hydrogens (primary N) is 1. The number of thiophene rings is 1. The fourth-order valence-corrected chi connectivity index (χ4v) is 2.27. The summed E-state index contributed by atoms with van der Waals surface area (Å²) >= 11 is 4.97. The van der Waals surface area contributed by atoms with Gasteiger partial charge in [0.1, 0.15) is 0 Å². The Balaban J connectivity index is 2.60. The second-order valence-corrected chi connectivity index (χ2v) is 4.76. The van der Waals surface area contributed by atoms with E-state index in [0.717, 1.165) is 8.66 Å². The van der Waals surface area contributed by atoms with Gasteiger partial charge in [-0.15, -0.1) is 11.3 Å². The predicted octanol–water partition coefficient (Wildman–Crippen LogP) is 1.89. The molecule has 1 aromatic rings. The lowest BCUT2D eigenvalue weighted by Gasteiger charge is -2.05. The lowest BCUT2D eigenvalue weighted by Crippen LogP contribution is -2.09. The van der Waals surface area contributed by atoms with Crippen LogP contribution in [0.4, 0.5) is 0 Å². The number of halogens is 1. The molecule has 0 aliphatic carbocycles. The Labute approximate surface area is 78.2 Å². The average molecular weight is 236 g/mol. The molecule has 0 unspecified atom stereocenters. The fourth-order valence-electron chi connectivity index (χ4n) is 0.809. The summed E-state index contributed by atoms with van der Waals surface area (Å²) in [6, 6.07) is 3.93. The van der Waals surface area contributed by atoms with Crippen molar-refractivity contribution in [2.75, 3.05) is 6.61 Å². The maximum absolute atomic E-state index is 8.62. The Morgan fingerprint density at radius 1 is 1.64 bits per heavy atom. The van der Waals surface area contributed by atoms with E-state index in [9.17, 15) is 0 Å². The van der Waals surface area contributed by atoms with Gasteiger partial charge in [-0.25, -0.2) is 0 Å². The van der Waals surface area contributed by atoms with E-state index in [2.05, 4.69) is 15.9 Å². The molecule has 0 bridgehead atoms. The molecule has 11 heavy (non-hydrogen) atoms. The second kappa shape index (κ2) is 4.21. The first-order valence-corrected chi connectivity index (χ1v) is 4.96. The summed E-state index contributed by atoms with van der Waals surface area (Å²) in [4.78, 5) is 1.12. The molecule has 0 aliphatic heterocycles. The topological polar surface area (TPSA) is 46.2 Å². The molecular formula is C7H10BrNOS. The molecule has 0 radical (unpaired) electrons. The minimum atomic E-state index is -0.0173. The van der Waals surface area contributed by atoms with Gasteiger partial charge in [-0.1, -0.05) is 0 Å². The molecule has 0 fully saturated rings. The summed E-state index contributed by atoms with van der Waals surface area (Å²) in [5, 5.41) is 8.62. The van der Waals surface area contributed by atoms with Crippen LogP contribution in [0.5, 0.6) is 0 Å². The van der Waals surface area contributed by atoms with Crippen molar-refractivity contribution >= 4 is 27.3 Å². The van der Waals surface area contributed by atoms with Crippen molar-refractivity contribution in [3.63, 3.8) is 0 Å². The van der Waals surface area contributed by atoms with E-state index >= 15 is 0 Å². The molecule has 1 rings (SSSR count). The van der Waals surface area contributed by atoms with Crippen LogP contribution in [0.2, 0.25) is 0 Å². The zero-order chi connectivity index (χ0) is 8.27. The Bertz CT molecular complexity index is 226. The van der Waals surface area contributed by atoms with Crippen molar-refractivity contribution in [1.29, 1.82) is 0 Å². The molecule has 0 aromatic carbocycles. The summed E-state index contributed by atoms with van der Waals surface area (Å²) in [6.07, 6.45) is 0.632. The molecule has 62 valence electrons. The molecule has 3 N–H and O–H groups in total. The van der Waals surface area contributed by atoms with E-state index in [1.54, 1.807) is 11.3 Å². The van der Waals surface area contributed by atoms with Crippen LogP contribution in [0.25, 0.3) is 0 Å². The second-order valence-electron chi connectivity index (χ2n) is 2.26. The zero-order valence-electron chi connectivity index (χ0n) is 5.96. The van der Waals surface area contributed by atoms with Crippen molar-refractivity contribution in [1.82, 2.24) is 0 Å². The predicted molar refractivity (Wildman–Crippen MR) is 50.7 cm³/mol. The van der Waals surface area contributed by atoms with Gasteiger partial charge < -0.3 is 10.8 Å². The van der Waals surface area contributed by atoms with Crippen LogP contribution in [0.3, 0.4) is 0 Å². The van der Waals surface area contributed by atoms with E-state index in [1.165, 1.54) is 0 Å². The van der Waals surface area contributed by atoms with Gasteiger partial charge in [-0.05, 0) is 34.5 Å². The lowest BCUT2D eigenvalue weighted by molar-refractivity contribution is 0.277. The molecule has 0 amide bonds. The molecular weight excluding hydrogens is 226 g/mol. The highest BCUT2D eigenvalue weighted by Crippen LogP contribution is 2.27.